The third-order valence-electron chi connectivity index (χ3n) is 5.37. The lowest BCUT2D eigenvalue weighted by atomic mass is 10.1. The number of aromatic amines is 1. The molecule has 1 saturated carbocycles. The number of nitrogens with one attached hydrogen (secondary N) is 2. The van der Waals surface area contributed by atoms with Crippen LogP contribution >= 0.6 is 0 Å². The van der Waals surface area contributed by atoms with Crippen LogP contribution in [0, 0.1) is 0 Å². The Labute approximate surface area is 182 Å². The highest BCUT2D eigenvalue weighted by atomic mass is 16.3. The predicted octanol–water partition coefficient (Wildman–Crippen LogP) is 3.32. The van der Waals surface area contributed by atoms with Crippen molar-refractivity contribution in [3.63, 3.8) is 0 Å². The normalized spacial score (nSPS) is 13.6. The molecule has 0 radical (unpaired) electrons. The molecule has 5 rings (SSSR count). The first kappa shape index (κ1) is 19.9. The molecule has 1 aliphatic carbocycles. The van der Waals surface area contributed by atoms with Crippen molar-refractivity contribution in [2.75, 3.05) is 5.32 Å². The Bertz CT molecular complexity index is 1460. The molecule has 3 heterocycles. The lowest BCUT2D eigenvalue weighted by molar-refractivity contribution is 0.0996. The number of hydrogen-bond donors (Lipinski definition) is 2. The monoisotopic (exact) mass is 431 g/mol. The topological polar surface area (TPSA) is 123 Å². The number of aromatic nitrogens is 4. The molecule has 0 aliphatic heterocycles. The van der Waals surface area contributed by atoms with E-state index in [1.807, 2.05) is 13.8 Å². The van der Waals surface area contributed by atoms with Crippen LogP contribution in [0.5, 0.6) is 0 Å². The minimum atomic E-state index is -0.598. The average molecular weight is 431 g/mol. The molecule has 4 aromatic rings. The number of anilines is 1. The standard InChI is InChI=1S/C23H21N5O4/c1-12(2)15-10-21(30)26-23(24-15)28-20(9-16(27-28)13-7-8-13)25-22(31)19-11-17(29)14-5-3-4-6-18(14)32-19/h3-6,9-13H,7-8H2,1-2H3,(H,25,31)(H,24,26,30). The molecular formula is C23H21N5O4. The van der Waals surface area contributed by atoms with Crippen LogP contribution in [0.2, 0.25) is 0 Å². The van der Waals surface area contributed by atoms with Gasteiger partial charge in [0.05, 0.1) is 16.8 Å². The van der Waals surface area contributed by atoms with Gasteiger partial charge in [0.15, 0.2) is 11.2 Å². The Morgan fingerprint density at radius 3 is 2.72 bits per heavy atom. The van der Waals surface area contributed by atoms with Crippen molar-refractivity contribution in [3.05, 3.63) is 80.2 Å². The first-order chi connectivity index (χ1) is 15.4. The Balaban J connectivity index is 1.55. The van der Waals surface area contributed by atoms with Crippen LogP contribution in [0.1, 0.15) is 60.5 Å². The smallest absolute Gasteiger partial charge is 0.292 e. The van der Waals surface area contributed by atoms with E-state index >= 15 is 0 Å². The van der Waals surface area contributed by atoms with Gasteiger partial charge in [-0.25, -0.2) is 4.98 Å². The number of fused-ring (bicyclic) bond motifs is 1. The largest absolute Gasteiger partial charge is 0.451 e. The maximum Gasteiger partial charge on any atom is 0.292 e. The molecule has 0 saturated heterocycles. The van der Waals surface area contributed by atoms with Crippen molar-refractivity contribution in [2.24, 2.45) is 0 Å². The molecular weight excluding hydrogens is 410 g/mol. The van der Waals surface area contributed by atoms with Crippen molar-refractivity contribution in [1.29, 1.82) is 0 Å². The molecule has 0 bridgehead atoms. The van der Waals surface area contributed by atoms with Crippen LogP contribution in [-0.4, -0.2) is 25.7 Å². The number of para-hydroxylation sites is 1. The van der Waals surface area contributed by atoms with Crippen molar-refractivity contribution in [3.8, 4) is 5.95 Å². The number of carbonyl (C=O) groups excluding carboxylic acids is 1. The van der Waals surface area contributed by atoms with E-state index in [0.29, 0.717) is 28.4 Å². The number of nitrogens with zero attached hydrogens (tertiary/aromatic N) is 3. The second-order valence-electron chi connectivity index (χ2n) is 8.21. The van der Waals surface area contributed by atoms with Gasteiger partial charge in [-0.05, 0) is 30.9 Å². The zero-order chi connectivity index (χ0) is 22.4. The van der Waals surface area contributed by atoms with Crippen molar-refractivity contribution >= 4 is 22.7 Å². The first-order valence-electron chi connectivity index (χ1n) is 10.4. The van der Waals surface area contributed by atoms with Crippen LogP contribution in [0.4, 0.5) is 5.82 Å². The first-order valence-corrected chi connectivity index (χ1v) is 10.4. The molecule has 1 aliphatic rings. The molecule has 1 amide bonds. The molecule has 9 nitrogen and oxygen atoms in total. The molecule has 0 atom stereocenters. The van der Waals surface area contributed by atoms with Gasteiger partial charge in [-0.2, -0.15) is 9.78 Å². The molecule has 2 N–H and O–H groups in total. The van der Waals surface area contributed by atoms with Gasteiger partial charge in [0.1, 0.15) is 11.4 Å². The molecule has 0 unspecified atom stereocenters. The number of benzene rings is 1. The van der Waals surface area contributed by atoms with E-state index in [2.05, 4.69) is 20.4 Å². The lowest BCUT2D eigenvalue weighted by Crippen LogP contribution is -2.20. The summed E-state index contributed by atoms with van der Waals surface area (Å²) in [5, 5.41) is 7.73. The highest BCUT2D eigenvalue weighted by Crippen LogP contribution is 2.40. The van der Waals surface area contributed by atoms with Crippen molar-refractivity contribution < 1.29 is 9.21 Å². The van der Waals surface area contributed by atoms with Gasteiger partial charge in [-0.3, -0.25) is 19.4 Å². The van der Waals surface area contributed by atoms with Gasteiger partial charge in [0.25, 0.3) is 11.5 Å². The highest BCUT2D eigenvalue weighted by Gasteiger charge is 2.29. The number of carbonyl (C=O) groups is 1. The number of rotatable bonds is 5. The summed E-state index contributed by atoms with van der Waals surface area (Å²) in [5.41, 5.74) is 1.13. The second kappa shape index (κ2) is 7.60. The van der Waals surface area contributed by atoms with E-state index in [1.165, 1.54) is 16.8 Å². The van der Waals surface area contributed by atoms with Gasteiger partial charge in [0, 0.05) is 24.1 Å². The van der Waals surface area contributed by atoms with Crippen LogP contribution in [0.3, 0.4) is 0 Å². The van der Waals surface area contributed by atoms with Gasteiger partial charge < -0.3 is 9.73 Å². The SMILES string of the molecule is CC(C)c1cc(=O)[nH]c(-n2nc(C3CC3)cc2NC(=O)c2cc(=O)c3ccccc3o2)n1. The molecule has 32 heavy (non-hydrogen) atoms. The summed E-state index contributed by atoms with van der Waals surface area (Å²) in [5.74, 6) is 0.176. The van der Waals surface area contributed by atoms with Gasteiger partial charge in [0.2, 0.25) is 5.95 Å². The van der Waals surface area contributed by atoms with E-state index in [4.69, 9.17) is 4.42 Å². The fraction of sp³-hybridized carbons (Fsp3) is 0.261. The van der Waals surface area contributed by atoms with E-state index in [9.17, 15) is 14.4 Å². The molecule has 1 fully saturated rings. The Kier molecular flexibility index (Phi) is 4.73. The average Bonchev–Trinajstić information content (AvgIpc) is 3.53. The van der Waals surface area contributed by atoms with Crippen molar-refractivity contribution in [2.45, 2.75) is 38.5 Å². The van der Waals surface area contributed by atoms with Gasteiger partial charge in [-0.15, -0.1) is 0 Å². The minimum absolute atomic E-state index is 0.0411. The molecule has 0 spiro atoms. The third kappa shape index (κ3) is 3.73. The van der Waals surface area contributed by atoms with Crippen molar-refractivity contribution in [1.82, 2.24) is 19.7 Å². The zero-order valence-electron chi connectivity index (χ0n) is 17.6. The number of hydrogen-bond acceptors (Lipinski definition) is 6. The van der Waals surface area contributed by atoms with E-state index in [1.54, 1.807) is 30.3 Å². The highest BCUT2D eigenvalue weighted by molar-refractivity contribution is 6.02. The molecule has 162 valence electrons. The third-order valence-corrected chi connectivity index (χ3v) is 5.37. The maximum absolute atomic E-state index is 13.0. The summed E-state index contributed by atoms with van der Waals surface area (Å²) in [4.78, 5) is 44.7. The fourth-order valence-electron chi connectivity index (χ4n) is 3.48. The van der Waals surface area contributed by atoms with Gasteiger partial charge in [-0.1, -0.05) is 26.0 Å². The summed E-state index contributed by atoms with van der Waals surface area (Å²) in [6.07, 6.45) is 2.03. The Morgan fingerprint density at radius 1 is 1.19 bits per heavy atom. The van der Waals surface area contributed by atoms with E-state index < -0.39 is 5.91 Å². The molecule has 3 aromatic heterocycles. The summed E-state index contributed by atoms with van der Waals surface area (Å²) in [6.45, 7) is 3.88. The second-order valence-corrected chi connectivity index (χ2v) is 8.21. The van der Waals surface area contributed by atoms with E-state index in [0.717, 1.165) is 18.5 Å². The summed E-state index contributed by atoms with van der Waals surface area (Å²) >= 11 is 0. The van der Waals surface area contributed by atoms with Crippen LogP contribution in [0.15, 0.2) is 56.5 Å². The summed E-state index contributed by atoms with van der Waals surface area (Å²) in [6, 6.07) is 11.1. The number of amides is 1. The van der Waals surface area contributed by atoms with Crippen LogP contribution in [0.25, 0.3) is 16.9 Å². The Morgan fingerprint density at radius 2 is 1.97 bits per heavy atom. The number of H-pyrrole nitrogens is 1. The summed E-state index contributed by atoms with van der Waals surface area (Å²) in [7, 11) is 0. The van der Waals surface area contributed by atoms with Gasteiger partial charge >= 0.3 is 0 Å². The summed E-state index contributed by atoms with van der Waals surface area (Å²) < 4.78 is 7.06. The van der Waals surface area contributed by atoms with E-state index in [-0.39, 0.29) is 28.6 Å². The zero-order valence-corrected chi connectivity index (χ0v) is 17.6. The lowest BCUT2D eigenvalue weighted by Gasteiger charge is -2.10. The van der Waals surface area contributed by atoms with Crippen LogP contribution < -0.4 is 16.3 Å². The van der Waals surface area contributed by atoms with Crippen LogP contribution in [-0.2, 0) is 0 Å². The predicted molar refractivity (Wildman–Crippen MR) is 118 cm³/mol. The fourth-order valence-corrected chi connectivity index (χ4v) is 3.48. The molecule has 1 aromatic carbocycles. The Hall–Kier alpha value is -4.01. The maximum atomic E-state index is 13.0. The quantitative estimate of drug-likeness (QED) is 0.500. The minimum Gasteiger partial charge on any atom is -0.451 e. The molecule has 9 heteroatoms.